The van der Waals surface area contributed by atoms with Gasteiger partial charge in [-0.2, -0.15) is 0 Å². The van der Waals surface area contributed by atoms with Crippen LogP contribution in [0.3, 0.4) is 0 Å². The maximum atomic E-state index is 13.5. The zero-order chi connectivity index (χ0) is 21.2. The Kier molecular flexibility index (Phi) is 4.35. The van der Waals surface area contributed by atoms with Crippen LogP contribution >= 0.6 is 11.8 Å². The molecule has 0 spiro atoms. The first kappa shape index (κ1) is 19.4. The summed E-state index contributed by atoms with van der Waals surface area (Å²) in [5.74, 6) is -2.44. The quantitative estimate of drug-likeness (QED) is 0.558. The molecule has 0 radical (unpaired) electrons. The fraction of sp³-hybridized carbons (Fsp3) is 0.333. The Morgan fingerprint density at radius 3 is 2.47 bits per heavy atom. The fourth-order valence-electron chi connectivity index (χ4n) is 5.25. The highest BCUT2D eigenvalue weighted by molar-refractivity contribution is 7.99. The monoisotopic (exact) mass is 422 g/mol. The molecule has 154 valence electrons. The first-order valence-corrected chi connectivity index (χ1v) is 10.8. The Labute approximate surface area is 178 Å². The molecule has 1 saturated carbocycles. The number of rotatable bonds is 3. The third-order valence-electron chi connectivity index (χ3n) is 6.79. The number of aryl methyl sites for hydroxylation is 1. The van der Waals surface area contributed by atoms with E-state index in [-0.39, 0.29) is 40.1 Å². The lowest BCUT2D eigenvalue weighted by Crippen LogP contribution is -2.58. The van der Waals surface area contributed by atoms with Crippen molar-refractivity contribution in [3.05, 3.63) is 59.2 Å². The Morgan fingerprint density at radius 1 is 1.10 bits per heavy atom. The molecule has 0 heterocycles. The Morgan fingerprint density at radius 2 is 1.83 bits per heavy atom. The van der Waals surface area contributed by atoms with Gasteiger partial charge in [0, 0.05) is 17.9 Å². The van der Waals surface area contributed by atoms with Gasteiger partial charge in [-0.05, 0) is 43.9 Å². The van der Waals surface area contributed by atoms with E-state index >= 15 is 0 Å². The first-order valence-electron chi connectivity index (χ1n) is 10.0. The van der Waals surface area contributed by atoms with Crippen LogP contribution in [0.4, 0.5) is 0 Å². The van der Waals surface area contributed by atoms with Crippen molar-refractivity contribution in [2.24, 2.45) is 17.8 Å². The van der Waals surface area contributed by atoms with Crippen LogP contribution < -0.4 is 0 Å². The van der Waals surface area contributed by atoms with Crippen molar-refractivity contribution in [2.75, 3.05) is 7.11 Å². The second kappa shape index (κ2) is 6.72. The molecule has 4 aliphatic rings. The van der Waals surface area contributed by atoms with Crippen LogP contribution in [-0.2, 0) is 4.74 Å². The molecule has 2 aromatic rings. The van der Waals surface area contributed by atoms with Crippen LogP contribution in [0.2, 0.25) is 0 Å². The molecule has 1 fully saturated rings. The minimum atomic E-state index is -0.832. The maximum absolute atomic E-state index is 13.5. The van der Waals surface area contributed by atoms with Gasteiger partial charge in [0.25, 0.3) is 0 Å². The van der Waals surface area contributed by atoms with E-state index in [4.69, 9.17) is 4.74 Å². The van der Waals surface area contributed by atoms with Gasteiger partial charge in [0.15, 0.2) is 11.6 Å². The lowest BCUT2D eigenvalue weighted by atomic mass is 9.53. The molecule has 5 nitrogen and oxygen atoms in total. The lowest BCUT2D eigenvalue weighted by molar-refractivity contribution is -0.0693. The Hall–Kier alpha value is -2.57. The van der Waals surface area contributed by atoms with Crippen LogP contribution in [0.5, 0.6) is 11.5 Å². The van der Waals surface area contributed by atoms with Crippen LogP contribution in [0.1, 0.15) is 39.1 Å². The van der Waals surface area contributed by atoms with Gasteiger partial charge in [0.1, 0.15) is 11.5 Å². The van der Waals surface area contributed by atoms with Crippen molar-refractivity contribution >= 4 is 23.3 Å². The molecule has 2 N–H and O–H groups in total. The third kappa shape index (κ3) is 2.60. The van der Waals surface area contributed by atoms with Gasteiger partial charge in [-0.15, -0.1) is 0 Å². The van der Waals surface area contributed by atoms with Gasteiger partial charge in [0.2, 0.25) is 0 Å². The molecule has 0 aliphatic heterocycles. The van der Waals surface area contributed by atoms with Gasteiger partial charge in [-0.1, -0.05) is 41.6 Å². The number of aromatic hydroxyl groups is 2. The molecule has 2 bridgehead atoms. The summed E-state index contributed by atoms with van der Waals surface area (Å²) in [6.07, 6.45) is 5.28. The number of fused-ring (bicyclic) bond motifs is 2. The summed E-state index contributed by atoms with van der Waals surface area (Å²) in [7, 11) is 1.55. The predicted octanol–water partition coefficient (Wildman–Crippen LogP) is 4.53. The highest BCUT2D eigenvalue weighted by Gasteiger charge is 2.60. The van der Waals surface area contributed by atoms with Crippen molar-refractivity contribution in [3.63, 3.8) is 0 Å². The SMILES string of the molecule is CO[C@@]12C=C[C@@H](CC1)C1C(=O)c3c(O)c(Sc4ccc(C)cc4)cc(O)c3C(=O)C12. The number of carbonyl (C=O) groups excluding carboxylic acids is 2. The molecule has 2 aromatic carbocycles. The highest BCUT2D eigenvalue weighted by atomic mass is 32.2. The fourth-order valence-corrected chi connectivity index (χ4v) is 6.15. The largest absolute Gasteiger partial charge is 0.507 e. The average molecular weight is 423 g/mol. The van der Waals surface area contributed by atoms with E-state index in [0.717, 1.165) is 16.9 Å². The number of ketones is 2. The molecular formula is C24H22O5S. The van der Waals surface area contributed by atoms with E-state index in [9.17, 15) is 19.8 Å². The smallest absolute Gasteiger partial charge is 0.174 e. The number of methoxy groups -OCH3 is 1. The number of phenols is 2. The second-order valence-corrected chi connectivity index (χ2v) is 9.48. The minimum absolute atomic E-state index is 0.0527. The number of phenolic OH excluding ortho intramolecular Hbond substituents is 2. The number of hydrogen-bond donors (Lipinski definition) is 2. The molecule has 0 saturated heterocycles. The summed E-state index contributed by atoms with van der Waals surface area (Å²) in [6, 6.07) is 9.09. The first-order chi connectivity index (χ1) is 14.4. The van der Waals surface area contributed by atoms with Gasteiger partial charge in [-0.25, -0.2) is 0 Å². The molecule has 6 heteroatoms. The van der Waals surface area contributed by atoms with Crippen LogP contribution in [0.15, 0.2) is 52.3 Å². The van der Waals surface area contributed by atoms with Gasteiger partial charge < -0.3 is 14.9 Å². The topological polar surface area (TPSA) is 83.8 Å². The number of carbonyl (C=O) groups is 2. The summed E-state index contributed by atoms with van der Waals surface area (Å²) in [4.78, 5) is 28.2. The number of benzene rings is 2. The van der Waals surface area contributed by atoms with Crippen molar-refractivity contribution < 1.29 is 24.5 Å². The maximum Gasteiger partial charge on any atom is 0.174 e. The van der Waals surface area contributed by atoms with Crippen molar-refractivity contribution in [3.8, 4) is 11.5 Å². The Bertz CT molecular complexity index is 1100. The van der Waals surface area contributed by atoms with Gasteiger partial charge in [0.05, 0.1) is 27.5 Å². The van der Waals surface area contributed by atoms with Crippen LogP contribution in [-0.4, -0.2) is 34.5 Å². The number of allylic oxidation sites excluding steroid dienone is 1. The lowest BCUT2D eigenvalue weighted by Gasteiger charge is -2.52. The molecule has 0 aromatic heterocycles. The van der Waals surface area contributed by atoms with Crippen molar-refractivity contribution in [2.45, 2.75) is 35.2 Å². The summed E-state index contributed by atoms with van der Waals surface area (Å²) >= 11 is 1.25. The molecule has 6 rings (SSSR count). The number of hydrogen-bond acceptors (Lipinski definition) is 6. The third-order valence-corrected chi connectivity index (χ3v) is 7.83. The van der Waals surface area contributed by atoms with Gasteiger partial charge in [-0.3, -0.25) is 9.59 Å². The van der Waals surface area contributed by atoms with E-state index in [1.165, 1.54) is 17.8 Å². The molecule has 4 atom stereocenters. The average Bonchev–Trinajstić information content (AvgIpc) is 2.76. The molecule has 30 heavy (non-hydrogen) atoms. The summed E-state index contributed by atoms with van der Waals surface area (Å²) in [6.45, 7) is 1.98. The van der Waals surface area contributed by atoms with E-state index < -0.39 is 17.4 Å². The molecule has 4 aliphatic carbocycles. The summed E-state index contributed by atoms with van der Waals surface area (Å²) in [5.41, 5.74) is 0.143. The summed E-state index contributed by atoms with van der Waals surface area (Å²) < 4.78 is 5.74. The van der Waals surface area contributed by atoms with E-state index in [1.807, 2.05) is 43.3 Å². The zero-order valence-electron chi connectivity index (χ0n) is 16.7. The normalized spacial score (nSPS) is 29.1. The predicted molar refractivity (Wildman–Crippen MR) is 112 cm³/mol. The van der Waals surface area contributed by atoms with E-state index in [1.54, 1.807) is 7.11 Å². The zero-order valence-corrected chi connectivity index (χ0v) is 17.5. The number of ether oxygens (including phenoxy) is 1. The van der Waals surface area contributed by atoms with Crippen LogP contribution in [0.25, 0.3) is 0 Å². The standard InChI is InChI=1S/C24H22O5S/c1-12-3-5-14(6-4-12)30-16-11-15(25)18-19(21(16)26)22(27)17-13-7-9-24(29-2,10-8-13)20(17)23(18)28/h3-7,9,11,13,17,20,25-26H,8,10H2,1-2H3/t13-,17?,20?,24-/m0/s1. The molecular weight excluding hydrogens is 400 g/mol. The van der Waals surface area contributed by atoms with Crippen molar-refractivity contribution in [1.82, 2.24) is 0 Å². The highest BCUT2D eigenvalue weighted by Crippen LogP contribution is 2.56. The van der Waals surface area contributed by atoms with E-state index in [2.05, 4.69) is 0 Å². The minimum Gasteiger partial charge on any atom is -0.507 e. The number of Topliss-reactive ketones (excluding diaryl/α,β-unsaturated/α-hetero) is 2. The molecule has 0 amide bonds. The van der Waals surface area contributed by atoms with Crippen molar-refractivity contribution in [1.29, 1.82) is 0 Å². The van der Waals surface area contributed by atoms with E-state index in [0.29, 0.717) is 11.3 Å². The van der Waals surface area contributed by atoms with Gasteiger partial charge >= 0.3 is 0 Å². The summed E-state index contributed by atoms with van der Waals surface area (Å²) in [5, 5.41) is 21.7. The second-order valence-electron chi connectivity index (χ2n) is 8.36. The van der Waals surface area contributed by atoms with Crippen LogP contribution in [0, 0.1) is 24.7 Å². The molecule has 2 unspecified atom stereocenters. The Balaban J connectivity index is 1.64.